The molecule has 6 heteroatoms. The average molecular weight is 377 g/mol. The van der Waals surface area contributed by atoms with Gasteiger partial charge in [0, 0.05) is 30.0 Å². The molecule has 2 aromatic rings. The summed E-state index contributed by atoms with van der Waals surface area (Å²) >= 11 is 11.8. The van der Waals surface area contributed by atoms with Crippen molar-refractivity contribution >= 4 is 34.6 Å². The fourth-order valence-electron chi connectivity index (χ4n) is 2.48. The van der Waals surface area contributed by atoms with Crippen LogP contribution in [0, 0.1) is 6.92 Å². The van der Waals surface area contributed by atoms with Crippen LogP contribution in [0.25, 0.3) is 0 Å². The third-order valence-electron chi connectivity index (χ3n) is 4.07. The Labute approximate surface area is 160 Å². The molecular formula is C19H25ClN4S. The second-order valence-corrected chi connectivity index (χ2v) is 7.14. The van der Waals surface area contributed by atoms with Gasteiger partial charge in [-0.15, -0.1) is 0 Å². The smallest absolute Gasteiger partial charge is 0.174 e. The van der Waals surface area contributed by atoms with E-state index in [1.54, 1.807) is 0 Å². The highest BCUT2D eigenvalue weighted by atomic mass is 35.5. The van der Waals surface area contributed by atoms with Gasteiger partial charge in [-0.25, -0.2) is 0 Å². The summed E-state index contributed by atoms with van der Waals surface area (Å²) in [7, 11) is 4.11. The van der Waals surface area contributed by atoms with E-state index in [-0.39, 0.29) is 6.04 Å². The fraction of sp³-hybridized carbons (Fsp3) is 0.368. The Morgan fingerprint density at radius 2 is 2.00 bits per heavy atom. The maximum Gasteiger partial charge on any atom is 0.174 e. The number of anilines is 1. The monoisotopic (exact) mass is 376 g/mol. The molecule has 0 saturated carbocycles. The molecule has 0 aliphatic carbocycles. The maximum absolute atomic E-state index is 6.13. The van der Waals surface area contributed by atoms with Gasteiger partial charge in [0.1, 0.15) is 0 Å². The number of pyridine rings is 1. The van der Waals surface area contributed by atoms with E-state index in [2.05, 4.69) is 41.1 Å². The van der Waals surface area contributed by atoms with E-state index in [9.17, 15) is 0 Å². The Bertz CT molecular complexity index is 706. The number of benzene rings is 1. The number of thiocarbonyl (C=S) groups is 1. The van der Waals surface area contributed by atoms with Crippen LogP contribution in [-0.2, 0) is 0 Å². The quantitative estimate of drug-likeness (QED) is 0.757. The predicted molar refractivity (Wildman–Crippen MR) is 110 cm³/mol. The summed E-state index contributed by atoms with van der Waals surface area (Å²) < 4.78 is 0. The summed E-state index contributed by atoms with van der Waals surface area (Å²) in [5.74, 6) is 0. The molecule has 134 valence electrons. The zero-order valence-electron chi connectivity index (χ0n) is 15.2. The van der Waals surface area contributed by atoms with Gasteiger partial charge in [-0.1, -0.05) is 23.7 Å². The van der Waals surface area contributed by atoms with Gasteiger partial charge >= 0.3 is 0 Å². The van der Waals surface area contributed by atoms with Crippen molar-refractivity contribution in [3.05, 3.63) is 58.9 Å². The van der Waals surface area contributed by atoms with Crippen molar-refractivity contribution in [1.82, 2.24) is 14.8 Å². The number of aromatic nitrogens is 1. The van der Waals surface area contributed by atoms with Crippen molar-refractivity contribution in [3.8, 4) is 0 Å². The first-order valence-corrected chi connectivity index (χ1v) is 9.06. The number of likely N-dealkylation sites (N-methyl/N-ethyl adjacent to an activating group) is 1. The minimum atomic E-state index is 0.0700. The highest BCUT2D eigenvalue weighted by Crippen LogP contribution is 2.23. The van der Waals surface area contributed by atoms with Crippen LogP contribution < -0.4 is 5.32 Å². The molecule has 0 fully saturated rings. The largest absolute Gasteiger partial charge is 0.339 e. The zero-order chi connectivity index (χ0) is 18.4. The third-order valence-corrected chi connectivity index (χ3v) is 4.65. The minimum Gasteiger partial charge on any atom is -0.339 e. The van der Waals surface area contributed by atoms with E-state index in [4.69, 9.17) is 23.8 Å². The van der Waals surface area contributed by atoms with Crippen molar-refractivity contribution in [2.45, 2.75) is 19.9 Å². The van der Waals surface area contributed by atoms with E-state index in [0.29, 0.717) is 10.1 Å². The molecule has 4 nitrogen and oxygen atoms in total. The Balaban J connectivity index is 2.21. The normalized spacial score (nSPS) is 12.1. The van der Waals surface area contributed by atoms with Crippen LogP contribution in [0.5, 0.6) is 0 Å². The van der Waals surface area contributed by atoms with Gasteiger partial charge in [0.05, 0.1) is 11.7 Å². The summed E-state index contributed by atoms with van der Waals surface area (Å²) in [6, 6.07) is 11.8. The van der Waals surface area contributed by atoms with Crippen LogP contribution in [0.3, 0.4) is 0 Å². The van der Waals surface area contributed by atoms with E-state index in [0.717, 1.165) is 30.0 Å². The molecule has 0 aliphatic heterocycles. The van der Waals surface area contributed by atoms with Crippen molar-refractivity contribution in [2.24, 2.45) is 0 Å². The molecule has 0 amide bonds. The van der Waals surface area contributed by atoms with Gasteiger partial charge in [-0.2, -0.15) is 0 Å². The summed E-state index contributed by atoms with van der Waals surface area (Å²) in [5.41, 5.74) is 3.03. The molecule has 2 rings (SSSR count). The Morgan fingerprint density at radius 3 is 2.64 bits per heavy atom. The van der Waals surface area contributed by atoms with Crippen molar-refractivity contribution in [1.29, 1.82) is 0 Å². The lowest BCUT2D eigenvalue weighted by Crippen LogP contribution is -2.41. The number of hydrogen-bond acceptors (Lipinski definition) is 3. The maximum atomic E-state index is 6.13. The van der Waals surface area contributed by atoms with Crippen LogP contribution in [0.15, 0.2) is 42.6 Å². The van der Waals surface area contributed by atoms with Crippen LogP contribution in [0.2, 0.25) is 5.02 Å². The van der Waals surface area contributed by atoms with Crippen molar-refractivity contribution in [2.75, 3.05) is 32.5 Å². The van der Waals surface area contributed by atoms with Crippen LogP contribution in [-0.4, -0.2) is 47.1 Å². The molecule has 1 heterocycles. The number of nitrogens with zero attached hydrogens (tertiary/aromatic N) is 3. The molecule has 1 N–H and O–H groups in total. The van der Waals surface area contributed by atoms with E-state index in [1.807, 2.05) is 49.5 Å². The Kier molecular flexibility index (Phi) is 7.17. The van der Waals surface area contributed by atoms with E-state index in [1.165, 1.54) is 0 Å². The van der Waals surface area contributed by atoms with Gasteiger partial charge < -0.3 is 15.1 Å². The predicted octanol–water partition coefficient (Wildman–Crippen LogP) is 4.37. The molecular weight excluding hydrogens is 352 g/mol. The van der Waals surface area contributed by atoms with Crippen LogP contribution in [0.4, 0.5) is 5.69 Å². The average Bonchev–Trinajstić information content (AvgIpc) is 2.58. The molecule has 25 heavy (non-hydrogen) atoms. The molecule has 0 radical (unpaired) electrons. The van der Waals surface area contributed by atoms with Crippen molar-refractivity contribution in [3.63, 3.8) is 0 Å². The van der Waals surface area contributed by atoms with Crippen molar-refractivity contribution < 1.29 is 0 Å². The fourth-order valence-corrected chi connectivity index (χ4v) is 3.01. The lowest BCUT2D eigenvalue weighted by molar-refractivity contribution is 0.286. The molecule has 1 aromatic heterocycles. The van der Waals surface area contributed by atoms with Gasteiger partial charge in [0.25, 0.3) is 0 Å². The number of nitrogens with one attached hydrogen (secondary N) is 1. The first-order chi connectivity index (χ1) is 11.9. The van der Waals surface area contributed by atoms with Gasteiger partial charge in [-0.3, -0.25) is 4.98 Å². The molecule has 1 atom stereocenters. The first-order valence-electron chi connectivity index (χ1n) is 8.28. The minimum absolute atomic E-state index is 0.0700. The molecule has 0 saturated heterocycles. The number of halogens is 1. The zero-order valence-corrected chi connectivity index (χ0v) is 16.7. The van der Waals surface area contributed by atoms with Gasteiger partial charge in [-0.05, 0) is 70.0 Å². The topological polar surface area (TPSA) is 31.4 Å². The SMILES string of the molecule is Cc1ccc(Cl)cc1NC(=S)N(CCN(C)C)C(C)c1ccccn1. The van der Waals surface area contributed by atoms with Crippen LogP contribution in [0.1, 0.15) is 24.2 Å². The summed E-state index contributed by atoms with van der Waals surface area (Å²) in [5, 5.41) is 4.71. The molecule has 0 bridgehead atoms. The van der Waals surface area contributed by atoms with Crippen LogP contribution >= 0.6 is 23.8 Å². The Morgan fingerprint density at radius 1 is 1.24 bits per heavy atom. The van der Waals surface area contributed by atoms with E-state index >= 15 is 0 Å². The second-order valence-electron chi connectivity index (χ2n) is 6.32. The molecule has 0 aliphatic rings. The standard InChI is InChI=1S/C19H25ClN4S/c1-14-8-9-16(20)13-18(14)22-19(25)24(12-11-23(3)4)15(2)17-7-5-6-10-21-17/h5-10,13,15H,11-12H2,1-4H3,(H,22,25). The Hall–Kier alpha value is -1.69. The number of rotatable bonds is 6. The first kappa shape index (κ1) is 19.6. The van der Waals surface area contributed by atoms with Gasteiger partial charge in [0.15, 0.2) is 5.11 Å². The molecule has 1 unspecified atom stereocenters. The summed E-state index contributed by atoms with van der Waals surface area (Å²) in [6.07, 6.45) is 1.81. The highest BCUT2D eigenvalue weighted by molar-refractivity contribution is 7.80. The second kappa shape index (κ2) is 9.13. The van der Waals surface area contributed by atoms with E-state index < -0.39 is 0 Å². The molecule has 0 spiro atoms. The lowest BCUT2D eigenvalue weighted by atomic mass is 10.2. The third kappa shape index (κ3) is 5.66. The summed E-state index contributed by atoms with van der Waals surface area (Å²) in [6.45, 7) is 5.86. The molecule has 1 aromatic carbocycles. The summed E-state index contributed by atoms with van der Waals surface area (Å²) in [4.78, 5) is 8.79. The lowest BCUT2D eigenvalue weighted by Gasteiger charge is -2.32. The number of hydrogen-bond donors (Lipinski definition) is 1. The van der Waals surface area contributed by atoms with Gasteiger partial charge in [0.2, 0.25) is 0 Å². The highest BCUT2D eigenvalue weighted by Gasteiger charge is 2.20. The number of aryl methyl sites for hydroxylation is 1.